The third kappa shape index (κ3) is 5.13. The van der Waals surface area contributed by atoms with Gasteiger partial charge in [-0.1, -0.05) is 18.1 Å². The van der Waals surface area contributed by atoms with Crippen LogP contribution in [0.5, 0.6) is 0 Å². The van der Waals surface area contributed by atoms with Crippen molar-refractivity contribution in [3.05, 3.63) is 35.4 Å². The Balaban J connectivity index is 2.25. The molecule has 0 fully saturated rings. The average molecular weight is 244 g/mol. The molecule has 3 heteroatoms. The van der Waals surface area contributed by atoms with Crippen molar-refractivity contribution in [2.24, 2.45) is 0 Å². The van der Waals surface area contributed by atoms with Gasteiger partial charge in [-0.2, -0.15) is 0 Å². The standard InChI is InChI=1S/C15H20N2O/c1-3-14-7-9-15(10-8-14)13(2)17-16-11-5-4-6-12-18/h1,7-10,12-13,16-17H,4-6,11H2,2H3. The molecule has 0 radical (unpaired) electrons. The lowest BCUT2D eigenvalue weighted by Gasteiger charge is -2.15. The Labute approximate surface area is 109 Å². The van der Waals surface area contributed by atoms with Crippen LogP contribution in [0.3, 0.4) is 0 Å². The zero-order valence-corrected chi connectivity index (χ0v) is 10.8. The maximum absolute atomic E-state index is 10.1. The summed E-state index contributed by atoms with van der Waals surface area (Å²) in [5.74, 6) is 2.60. The monoisotopic (exact) mass is 244 g/mol. The Kier molecular flexibility index (Phi) is 6.78. The summed E-state index contributed by atoms with van der Waals surface area (Å²) in [5.41, 5.74) is 8.47. The molecular weight excluding hydrogens is 224 g/mol. The molecular formula is C15H20N2O. The van der Waals surface area contributed by atoms with Crippen LogP contribution >= 0.6 is 0 Å². The lowest BCUT2D eigenvalue weighted by atomic mass is 10.1. The second kappa shape index (κ2) is 8.46. The molecule has 0 heterocycles. The van der Waals surface area contributed by atoms with Gasteiger partial charge < -0.3 is 4.79 Å². The van der Waals surface area contributed by atoms with Crippen molar-refractivity contribution in [1.82, 2.24) is 10.9 Å². The third-order valence-electron chi connectivity index (χ3n) is 2.77. The normalized spacial score (nSPS) is 11.8. The smallest absolute Gasteiger partial charge is 0.119 e. The Bertz CT molecular complexity index is 392. The van der Waals surface area contributed by atoms with Crippen molar-refractivity contribution >= 4 is 6.29 Å². The SMILES string of the molecule is C#Cc1ccc(C(C)NNCCCCC=O)cc1. The molecule has 96 valence electrons. The van der Waals surface area contributed by atoms with Crippen LogP contribution in [-0.4, -0.2) is 12.8 Å². The van der Waals surface area contributed by atoms with E-state index in [2.05, 4.69) is 23.7 Å². The molecule has 1 rings (SSSR count). The first kappa shape index (κ1) is 14.4. The van der Waals surface area contributed by atoms with Gasteiger partial charge in [-0.3, -0.25) is 10.9 Å². The van der Waals surface area contributed by atoms with Gasteiger partial charge in [-0.05, 0) is 37.5 Å². The van der Waals surface area contributed by atoms with Crippen LogP contribution in [-0.2, 0) is 4.79 Å². The fourth-order valence-electron chi connectivity index (χ4n) is 1.62. The molecule has 0 saturated carbocycles. The van der Waals surface area contributed by atoms with Gasteiger partial charge in [0.2, 0.25) is 0 Å². The zero-order chi connectivity index (χ0) is 13.2. The number of aldehydes is 1. The van der Waals surface area contributed by atoms with Gasteiger partial charge in [0.05, 0.1) is 0 Å². The molecule has 0 spiro atoms. The first-order chi connectivity index (χ1) is 8.77. The first-order valence-corrected chi connectivity index (χ1v) is 6.26. The summed E-state index contributed by atoms with van der Waals surface area (Å²) in [4.78, 5) is 10.1. The maximum atomic E-state index is 10.1. The van der Waals surface area contributed by atoms with E-state index >= 15 is 0 Å². The minimum Gasteiger partial charge on any atom is -0.303 e. The number of carbonyl (C=O) groups is 1. The molecule has 18 heavy (non-hydrogen) atoms. The van der Waals surface area contributed by atoms with Crippen molar-refractivity contribution in [1.29, 1.82) is 0 Å². The largest absolute Gasteiger partial charge is 0.303 e. The highest BCUT2D eigenvalue weighted by molar-refractivity contribution is 5.48. The fourth-order valence-corrected chi connectivity index (χ4v) is 1.62. The zero-order valence-electron chi connectivity index (χ0n) is 10.8. The van der Waals surface area contributed by atoms with Crippen LogP contribution in [0.1, 0.15) is 43.4 Å². The van der Waals surface area contributed by atoms with Crippen LogP contribution in [0.15, 0.2) is 24.3 Å². The Hall–Kier alpha value is -1.63. The van der Waals surface area contributed by atoms with Crippen molar-refractivity contribution in [2.45, 2.75) is 32.2 Å². The number of hydrazine groups is 1. The number of benzene rings is 1. The summed E-state index contributed by atoms with van der Waals surface area (Å²) in [6.45, 7) is 2.95. The predicted octanol–water partition coefficient (Wildman–Crippen LogP) is 2.19. The highest BCUT2D eigenvalue weighted by atomic mass is 16.1. The fraction of sp³-hybridized carbons (Fsp3) is 0.400. The second-order valence-electron chi connectivity index (χ2n) is 4.22. The highest BCUT2D eigenvalue weighted by Gasteiger charge is 2.03. The number of carbonyl (C=O) groups excluding carboxylic acids is 1. The van der Waals surface area contributed by atoms with E-state index in [1.54, 1.807) is 0 Å². The molecule has 3 nitrogen and oxygen atoms in total. The Morgan fingerprint density at radius 3 is 2.67 bits per heavy atom. The molecule has 1 unspecified atom stereocenters. The minimum absolute atomic E-state index is 0.225. The Morgan fingerprint density at radius 1 is 1.33 bits per heavy atom. The van der Waals surface area contributed by atoms with Crippen LogP contribution in [0.2, 0.25) is 0 Å². The number of terminal acetylenes is 1. The van der Waals surface area contributed by atoms with Gasteiger partial charge in [0, 0.05) is 24.6 Å². The van der Waals surface area contributed by atoms with E-state index in [0.29, 0.717) is 6.42 Å². The summed E-state index contributed by atoms with van der Waals surface area (Å²) in [5, 5.41) is 0. The van der Waals surface area contributed by atoms with Gasteiger partial charge >= 0.3 is 0 Å². The van der Waals surface area contributed by atoms with Crippen molar-refractivity contribution < 1.29 is 4.79 Å². The lowest BCUT2D eigenvalue weighted by Crippen LogP contribution is -2.34. The molecule has 0 aliphatic heterocycles. The molecule has 0 aliphatic rings. The van der Waals surface area contributed by atoms with Gasteiger partial charge in [0.15, 0.2) is 0 Å². The van der Waals surface area contributed by atoms with Crippen molar-refractivity contribution in [2.75, 3.05) is 6.54 Å². The summed E-state index contributed by atoms with van der Waals surface area (Å²) < 4.78 is 0. The van der Waals surface area contributed by atoms with Crippen molar-refractivity contribution in [3.8, 4) is 12.3 Å². The average Bonchev–Trinajstić information content (AvgIpc) is 2.42. The van der Waals surface area contributed by atoms with Gasteiger partial charge in [-0.15, -0.1) is 6.42 Å². The number of hydrogen-bond acceptors (Lipinski definition) is 3. The van der Waals surface area contributed by atoms with Gasteiger partial charge in [0.1, 0.15) is 6.29 Å². The molecule has 2 N–H and O–H groups in total. The van der Waals surface area contributed by atoms with Crippen molar-refractivity contribution in [3.63, 3.8) is 0 Å². The highest BCUT2D eigenvalue weighted by Crippen LogP contribution is 2.12. The van der Waals surface area contributed by atoms with E-state index in [1.807, 2.05) is 24.3 Å². The van der Waals surface area contributed by atoms with Crippen LogP contribution in [0.25, 0.3) is 0 Å². The quantitative estimate of drug-likeness (QED) is 0.319. The second-order valence-corrected chi connectivity index (χ2v) is 4.22. The van der Waals surface area contributed by atoms with E-state index in [1.165, 1.54) is 5.56 Å². The summed E-state index contributed by atoms with van der Waals surface area (Å²) >= 11 is 0. The molecule has 0 bridgehead atoms. The van der Waals surface area contributed by atoms with Crippen LogP contribution in [0.4, 0.5) is 0 Å². The predicted molar refractivity (Wildman–Crippen MR) is 73.8 cm³/mol. The van der Waals surface area contributed by atoms with E-state index in [4.69, 9.17) is 6.42 Å². The van der Waals surface area contributed by atoms with Crippen LogP contribution < -0.4 is 10.9 Å². The lowest BCUT2D eigenvalue weighted by molar-refractivity contribution is -0.107. The molecule has 1 atom stereocenters. The molecule has 0 amide bonds. The third-order valence-corrected chi connectivity index (χ3v) is 2.77. The summed E-state index contributed by atoms with van der Waals surface area (Å²) in [6, 6.07) is 8.17. The first-order valence-electron chi connectivity index (χ1n) is 6.26. The Morgan fingerprint density at radius 2 is 2.06 bits per heavy atom. The van der Waals surface area contributed by atoms with E-state index < -0.39 is 0 Å². The number of hydrogen-bond donors (Lipinski definition) is 2. The van der Waals surface area contributed by atoms with E-state index in [0.717, 1.165) is 31.2 Å². The van der Waals surface area contributed by atoms with Gasteiger partial charge in [-0.25, -0.2) is 0 Å². The molecule has 0 aromatic heterocycles. The molecule has 0 aliphatic carbocycles. The summed E-state index contributed by atoms with van der Waals surface area (Å²) in [6.07, 6.45) is 8.84. The molecule has 1 aromatic rings. The van der Waals surface area contributed by atoms with Gasteiger partial charge in [0.25, 0.3) is 0 Å². The summed E-state index contributed by atoms with van der Waals surface area (Å²) in [7, 11) is 0. The minimum atomic E-state index is 0.225. The molecule has 1 aromatic carbocycles. The number of rotatable bonds is 8. The molecule has 0 saturated heterocycles. The topological polar surface area (TPSA) is 41.1 Å². The number of unbranched alkanes of at least 4 members (excludes halogenated alkanes) is 2. The van der Waals surface area contributed by atoms with E-state index in [-0.39, 0.29) is 6.04 Å². The van der Waals surface area contributed by atoms with E-state index in [9.17, 15) is 4.79 Å². The number of nitrogens with one attached hydrogen (secondary N) is 2. The van der Waals surface area contributed by atoms with Crippen LogP contribution in [0, 0.1) is 12.3 Å². The maximum Gasteiger partial charge on any atom is 0.119 e.